The Balaban J connectivity index is 1.49. The van der Waals surface area contributed by atoms with Gasteiger partial charge in [0, 0.05) is 58.1 Å². The molecule has 0 spiro atoms. The average Bonchev–Trinajstić information content (AvgIpc) is 3.30. The maximum atomic E-state index is 15.8. The molecule has 8 N–H and O–H groups in total. The Bertz CT molecular complexity index is 1940. The second-order valence-electron chi connectivity index (χ2n) is 18.8. The molecule has 0 unspecified atom stereocenters. The van der Waals surface area contributed by atoms with Crippen LogP contribution in [-0.2, 0) is 14.4 Å². The van der Waals surface area contributed by atoms with E-state index < -0.39 is 68.6 Å². The highest BCUT2D eigenvalue weighted by Crippen LogP contribution is 2.80. The van der Waals surface area contributed by atoms with Crippen molar-refractivity contribution in [2.45, 2.75) is 104 Å². The molecule has 0 aliphatic heterocycles. The summed E-state index contributed by atoms with van der Waals surface area (Å²) in [4.78, 5) is 45.9. The summed E-state index contributed by atoms with van der Waals surface area (Å²) in [7, 11) is 0. The largest absolute Gasteiger partial charge is 0.478 e. The monoisotopic (exact) mass is 753 g/mol. The number of aliphatic carboxylic acids is 1. The molecule has 0 bridgehead atoms. The molecule has 1 aromatic rings. The molecule has 10 heteroatoms. The van der Waals surface area contributed by atoms with Gasteiger partial charge in [0.1, 0.15) is 11.4 Å². The van der Waals surface area contributed by atoms with Crippen molar-refractivity contribution in [3.05, 3.63) is 76.9 Å². The third kappa shape index (κ3) is 5.37. The molecular formula is C45H59N3O7. The van der Waals surface area contributed by atoms with Gasteiger partial charge in [-0.1, -0.05) is 96.0 Å². The molecule has 0 saturated heterocycles. The Hall–Kier alpha value is -3.86. The van der Waals surface area contributed by atoms with Crippen molar-refractivity contribution in [1.82, 2.24) is 0 Å². The second kappa shape index (κ2) is 13.1. The zero-order valence-electron chi connectivity index (χ0n) is 33.1. The number of hydrogen-bond acceptors (Lipinski definition) is 7. The number of aliphatic imine (C=N–C) groups is 1. The third-order valence-electron chi connectivity index (χ3n) is 16.1. The van der Waals surface area contributed by atoms with Crippen LogP contribution in [0.3, 0.4) is 0 Å². The number of carbonyl (C=O) groups excluding carboxylic acids is 2. The van der Waals surface area contributed by atoms with Crippen molar-refractivity contribution in [2.75, 3.05) is 6.54 Å². The van der Waals surface area contributed by atoms with Crippen LogP contribution >= 0.6 is 0 Å². The van der Waals surface area contributed by atoms with E-state index in [0.717, 1.165) is 18.4 Å². The minimum Gasteiger partial charge on any atom is -0.478 e. The molecule has 0 amide bonds. The lowest BCUT2D eigenvalue weighted by atomic mass is 9.34. The molecule has 6 aliphatic carbocycles. The summed E-state index contributed by atoms with van der Waals surface area (Å²) in [6.07, 6.45) is 11.4. The molecule has 7 rings (SSSR count). The molecule has 55 heavy (non-hydrogen) atoms. The standard InChI is InChI=1S/C45H59N3O7/c1-25(38(52)53)22-32(49)28(24-48-39(46)47)27-14-10-11-15-29-35(51)34-37-43(6)42(29,5)31(27)23-44(43,54)20-21-45(37,55)30(17-16-26-12-8-7-9-13-26)36-40(2,3)33(50)18-19-41(34,36)4/h7-9,12-13,16-17,20-22,27-32,36,49,54-55H,10-11,14-15,18-19,23-24H2,1-6H3,(H,52,53)(H4,46,47,48)/b17-16+,25-22+/t27-,28-,29-,30+,31-,32-,36-,41-,42-,43+,44+,45-/m1/s1. The lowest BCUT2D eigenvalue weighted by Crippen LogP contribution is -2.71. The summed E-state index contributed by atoms with van der Waals surface area (Å²) < 4.78 is 0. The van der Waals surface area contributed by atoms with Crippen LogP contribution in [0.1, 0.15) is 92.1 Å². The van der Waals surface area contributed by atoms with Crippen molar-refractivity contribution in [3.8, 4) is 0 Å². The number of aliphatic hydroxyl groups excluding tert-OH is 1. The molecular weight excluding hydrogens is 695 g/mol. The quantitative estimate of drug-likeness (QED) is 0.0875. The Morgan fingerprint density at radius 2 is 1.69 bits per heavy atom. The van der Waals surface area contributed by atoms with Crippen molar-refractivity contribution < 1.29 is 34.8 Å². The number of Topliss-reactive ketones (excluding diaryl/α,β-unsaturated/α-hetero) is 2. The zero-order chi connectivity index (χ0) is 40.1. The second-order valence-corrected chi connectivity index (χ2v) is 18.8. The van der Waals surface area contributed by atoms with Crippen molar-refractivity contribution >= 4 is 29.6 Å². The summed E-state index contributed by atoms with van der Waals surface area (Å²) >= 11 is 0. The fourth-order valence-corrected chi connectivity index (χ4v) is 13.4. The van der Waals surface area contributed by atoms with Gasteiger partial charge in [0.15, 0.2) is 11.7 Å². The Labute approximate surface area is 324 Å². The molecule has 0 radical (unpaired) electrons. The lowest BCUT2D eigenvalue weighted by Gasteiger charge is -2.69. The van der Waals surface area contributed by atoms with Crippen LogP contribution < -0.4 is 11.5 Å². The van der Waals surface area contributed by atoms with Gasteiger partial charge in [-0.3, -0.25) is 14.6 Å². The van der Waals surface area contributed by atoms with Crippen LogP contribution in [0.25, 0.3) is 6.08 Å². The zero-order valence-corrected chi connectivity index (χ0v) is 33.1. The highest BCUT2D eigenvalue weighted by atomic mass is 16.4. The highest BCUT2D eigenvalue weighted by molar-refractivity contribution is 6.03. The molecule has 3 saturated carbocycles. The van der Waals surface area contributed by atoms with Crippen LogP contribution in [0.2, 0.25) is 0 Å². The number of allylic oxidation sites excluding steroid dienone is 1. The summed E-state index contributed by atoms with van der Waals surface area (Å²) in [5, 5.41) is 48.4. The van der Waals surface area contributed by atoms with Gasteiger partial charge in [-0.05, 0) is 79.1 Å². The maximum absolute atomic E-state index is 15.8. The topological polar surface area (TPSA) is 197 Å². The fourth-order valence-electron chi connectivity index (χ4n) is 13.4. The number of nitrogens with zero attached hydrogens (tertiary/aromatic N) is 1. The molecule has 6 aliphatic rings. The van der Waals surface area contributed by atoms with Crippen LogP contribution in [0.4, 0.5) is 0 Å². The van der Waals surface area contributed by atoms with E-state index >= 15 is 4.79 Å². The van der Waals surface area contributed by atoms with Gasteiger partial charge in [0.2, 0.25) is 0 Å². The fraction of sp³-hybridized carbons (Fsp3) is 0.600. The van der Waals surface area contributed by atoms with E-state index in [0.29, 0.717) is 36.8 Å². The summed E-state index contributed by atoms with van der Waals surface area (Å²) in [5.74, 6) is -4.03. The van der Waals surface area contributed by atoms with Gasteiger partial charge < -0.3 is 31.9 Å². The smallest absolute Gasteiger partial charge is 0.331 e. The lowest BCUT2D eigenvalue weighted by molar-refractivity contribution is -0.171. The predicted molar refractivity (Wildman–Crippen MR) is 211 cm³/mol. The molecule has 3 fully saturated rings. The number of nitrogens with two attached hydrogens (primary N) is 2. The van der Waals surface area contributed by atoms with Crippen molar-refractivity contribution in [2.24, 2.45) is 73.6 Å². The third-order valence-corrected chi connectivity index (χ3v) is 16.1. The Morgan fingerprint density at radius 1 is 1.02 bits per heavy atom. The number of fused-ring (bicyclic) bond motifs is 2. The maximum Gasteiger partial charge on any atom is 0.331 e. The molecule has 10 nitrogen and oxygen atoms in total. The van der Waals surface area contributed by atoms with Crippen LogP contribution in [0.5, 0.6) is 0 Å². The van der Waals surface area contributed by atoms with E-state index in [1.807, 2.05) is 63.3 Å². The number of ketones is 2. The van der Waals surface area contributed by atoms with Crippen molar-refractivity contribution in [3.63, 3.8) is 0 Å². The van der Waals surface area contributed by atoms with E-state index in [1.54, 1.807) is 12.2 Å². The van der Waals surface area contributed by atoms with E-state index in [1.165, 1.54) is 13.0 Å². The normalized spacial score (nSPS) is 41.5. The summed E-state index contributed by atoms with van der Waals surface area (Å²) in [6, 6.07) is 9.84. The molecule has 0 heterocycles. The van der Waals surface area contributed by atoms with Gasteiger partial charge in [0.05, 0.1) is 11.7 Å². The number of rotatable bonds is 8. The van der Waals surface area contributed by atoms with E-state index in [-0.39, 0.29) is 47.9 Å². The number of aliphatic hydroxyl groups is 3. The Morgan fingerprint density at radius 3 is 2.35 bits per heavy atom. The molecule has 296 valence electrons. The first-order valence-electron chi connectivity index (χ1n) is 20.1. The molecule has 12 atom stereocenters. The van der Waals surface area contributed by atoms with Crippen LogP contribution in [0.15, 0.2) is 76.3 Å². The minimum absolute atomic E-state index is 0.00746. The highest BCUT2D eigenvalue weighted by Gasteiger charge is 2.80. The number of carbonyl (C=O) groups is 3. The molecule has 0 aromatic heterocycles. The SMILES string of the molecule is C/C(=C\[C@@H](O)[C@H](CN=C(N)N)[C@H]1CCCC[C@@H]2C(=O)C3=C4[C@@]5(C)[C@@]2(C)[C@@H]1C[C@@]5(O)C=C[C@@]4(O)[C@@H](/C=C/c1ccccc1)[C@@H]1C(C)(C)C(=O)CC[C@]31C)C(=O)O. The summed E-state index contributed by atoms with van der Waals surface area (Å²) in [6.45, 7) is 11.7. The first-order valence-corrected chi connectivity index (χ1v) is 20.1. The van der Waals surface area contributed by atoms with Crippen LogP contribution in [0, 0.1) is 57.2 Å². The van der Waals surface area contributed by atoms with Gasteiger partial charge in [0.25, 0.3) is 0 Å². The van der Waals surface area contributed by atoms with Crippen LogP contribution in [-0.4, -0.2) is 67.8 Å². The van der Waals surface area contributed by atoms with Crippen molar-refractivity contribution in [1.29, 1.82) is 0 Å². The first-order chi connectivity index (χ1) is 25.7. The predicted octanol–water partition coefficient (Wildman–Crippen LogP) is 5.37. The van der Waals surface area contributed by atoms with Gasteiger partial charge in [-0.2, -0.15) is 0 Å². The van der Waals surface area contributed by atoms with E-state index in [4.69, 9.17) is 11.5 Å². The number of benzene rings is 1. The van der Waals surface area contributed by atoms with Gasteiger partial charge in [-0.15, -0.1) is 0 Å². The number of carboxylic acid groups (broad SMARTS) is 1. The van der Waals surface area contributed by atoms with E-state index in [9.17, 15) is 30.0 Å². The average molecular weight is 754 g/mol. The number of guanidine groups is 1. The van der Waals surface area contributed by atoms with E-state index in [2.05, 4.69) is 18.8 Å². The molecule has 1 aromatic carbocycles. The van der Waals surface area contributed by atoms with Gasteiger partial charge in [-0.25, -0.2) is 4.79 Å². The summed E-state index contributed by atoms with van der Waals surface area (Å²) in [5.41, 5.74) is 6.92. The Kier molecular flexibility index (Phi) is 9.38. The number of carboxylic acids is 1. The first kappa shape index (κ1) is 39.4. The van der Waals surface area contributed by atoms with Gasteiger partial charge >= 0.3 is 5.97 Å². The minimum atomic E-state index is -1.70. The number of hydrogen-bond donors (Lipinski definition) is 6.